The quantitative estimate of drug-likeness (QED) is 0.453. The zero-order chi connectivity index (χ0) is 16.8. The van der Waals surface area contributed by atoms with E-state index in [9.17, 15) is 4.57 Å². The van der Waals surface area contributed by atoms with Gasteiger partial charge in [0.15, 0.2) is 0 Å². The SMILES string of the molecule is O=P(Cc1ccc(Br)cc1)(Oc1ccccc1)Oc1ccccc1. The van der Waals surface area contributed by atoms with E-state index in [0.29, 0.717) is 11.5 Å². The number of para-hydroxylation sites is 2. The molecule has 3 aromatic carbocycles. The molecule has 0 heterocycles. The molecule has 0 radical (unpaired) electrons. The van der Waals surface area contributed by atoms with Gasteiger partial charge in [0.1, 0.15) is 11.5 Å². The van der Waals surface area contributed by atoms with Crippen LogP contribution in [0, 0.1) is 0 Å². The van der Waals surface area contributed by atoms with Crippen LogP contribution in [0.3, 0.4) is 0 Å². The van der Waals surface area contributed by atoms with E-state index in [-0.39, 0.29) is 6.16 Å². The fourth-order valence-corrected chi connectivity index (χ4v) is 4.16. The standard InChI is InChI=1S/C19H16BrO3P/c20-17-13-11-16(12-14-17)15-24(21,22-18-7-3-1-4-8-18)23-19-9-5-2-6-10-19/h1-14H,15H2. The molecule has 0 unspecified atom stereocenters. The monoisotopic (exact) mass is 402 g/mol. The zero-order valence-electron chi connectivity index (χ0n) is 12.8. The van der Waals surface area contributed by atoms with Crippen LogP contribution >= 0.6 is 23.5 Å². The van der Waals surface area contributed by atoms with Crippen LogP contribution in [-0.2, 0) is 10.7 Å². The Morgan fingerprint density at radius 3 is 1.62 bits per heavy atom. The second-order valence-corrected chi connectivity index (χ2v) is 8.02. The molecule has 122 valence electrons. The summed E-state index contributed by atoms with van der Waals surface area (Å²) in [6.45, 7) is 0. The molecule has 0 spiro atoms. The van der Waals surface area contributed by atoms with Gasteiger partial charge in [0, 0.05) is 4.47 Å². The summed E-state index contributed by atoms with van der Waals surface area (Å²) >= 11 is 3.40. The van der Waals surface area contributed by atoms with Crippen molar-refractivity contribution < 1.29 is 13.6 Å². The van der Waals surface area contributed by atoms with E-state index >= 15 is 0 Å². The van der Waals surface area contributed by atoms with E-state index < -0.39 is 7.60 Å². The average Bonchev–Trinajstić information content (AvgIpc) is 2.58. The van der Waals surface area contributed by atoms with Gasteiger partial charge in [0.2, 0.25) is 0 Å². The van der Waals surface area contributed by atoms with Gasteiger partial charge < -0.3 is 9.05 Å². The number of rotatable bonds is 6. The Kier molecular flexibility index (Phi) is 5.39. The molecule has 24 heavy (non-hydrogen) atoms. The van der Waals surface area contributed by atoms with E-state index in [1.54, 1.807) is 24.3 Å². The molecule has 0 aliphatic carbocycles. The molecule has 0 saturated carbocycles. The van der Waals surface area contributed by atoms with Crippen molar-refractivity contribution in [3.63, 3.8) is 0 Å². The first kappa shape index (κ1) is 16.8. The first-order valence-electron chi connectivity index (χ1n) is 7.46. The third-order valence-electron chi connectivity index (χ3n) is 3.26. The van der Waals surface area contributed by atoms with E-state index in [0.717, 1.165) is 10.0 Å². The van der Waals surface area contributed by atoms with Crippen LogP contribution in [0.15, 0.2) is 89.4 Å². The summed E-state index contributed by atoms with van der Waals surface area (Å²) < 4.78 is 25.8. The molecule has 0 saturated heterocycles. The van der Waals surface area contributed by atoms with Crippen molar-refractivity contribution in [1.29, 1.82) is 0 Å². The van der Waals surface area contributed by atoms with Crippen LogP contribution in [0.5, 0.6) is 11.5 Å². The van der Waals surface area contributed by atoms with Crippen LogP contribution in [0.2, 0.25) is 0 Å². The lowest BCUT2D eigenvalue weighted by Gasteiger charge is -2.20. The highest BCUT2D eigenvalue weighted by Gasteiger charge is 2.28. The molecule has 0 amide bonds. The molecule has 0 aromatic heterocycles. The minimum absolute atomic E-state index is 0.185. The highest BCUT2D eigenvalue weighted by molar-refractivity contribution is 9.10. The Morgan fingerprint density at radius 1 is 0.708 bits per heavy atom. The zero-order valence-corrected chi connectivity index (χ0v) is 15.3. The molecule has 0 bridgehead atoms. The van der Waals surface area contributed by atoms with Crippen molar-refractivity contribution in [3.8, 4) is 11.5 Å². The van der Waals surface area contributed by atoms with Gasteiger partial charge in [0.25, 0.3) is 0 Å². The maximum Gasteiger partial charge on any atom is 0.435 e. The first-order chi connectivity index (χ1) is 11.6. The molecule has 0 aliphatic heterocycles. The molecule has 0 atom stereocenters. The Hall–Kier alpha value is -2.03. The van der Waals surface area contributed by atoms with Gasteiger partial charge in [0.05, 0.1) is 6.16 Å². The summed E-state index contributed by atoms with van der Waals surface area (Å²) in [5.41, 5.74) is 0.883. The molecular weight excluding hydrogens is 387 g/mol. The van der Waals surface area contributed by atoms with Crippen LogP contribution in [0.1, 0.15) is 5.56 Å². The van der Waals surface area contributed by atoms with Crippen molar-refractivity contribution in [3.05, 3.63) is 95.0 Å². The highest BCUT2D eigenvalue weighted by Crippen LogP contribution is 2.51. The topological polar surface area (TPSA) is 35.5 Å². The number of hydrogen-bond donors (Lipinski definition) is 0. The van der Waals surface area contributed by atoms with Gasteiger partial charge in [-0.2, -0.15) is 0 Å². The molecule has 3 aromatic rings. The maximum absolute atomic E-state index is 13.4. The van der Waals surface area contributed by atoms with Crippen LogP contribution < -0.4 is 9.05 Å². The van der Waals surface area contributed by atoms with E-state index in [1.165, 1.54) is 0 Å². The smallest absolute Gasteiger partial charge is 0.416 e. The Bertz CT molecular complexity index is 775. The first-order valence-corrected chi connectivity index (χ1v) is 9.98. The summed E-state index contributed by atoms with van der Waals surface area (Å²) in [7, 11) is -3.42. The number of benzene rings is 3. The minimum Gasteiger partial charge on any atom is -0.416 e. The second-order valence-electron chi connectivity index (χ2n) is 5.20. The van der Waals surface area contributed by atoms with Gasteiger partial charge >= 0.3 is 7.60 Å². The van der Waals surface area contributed by atoms with Crippen LogP contribution in [0.4, 0.5) is 0 Å². The molecule has 3 rings (SSSR count). The normalized spacial score (nSPS) is 11.0. The molecular formula is C19H16BrO3P. The van der Waals surface area contributed by atoms with Crippen LogP contribution in [-0.4, -0.2) is 0 Å². The van der Waals surface area contributed by atoms with E-state index in [2.05, 4.69) is 15.9 Å². The average molecular weight is 403 g/mol. The summed E-state index contributed by atoms with van der Waals surface area (Å²) in [6, 6.07) is 25.8. The number of hydrogen-bond acceptors (Lipinski definition) is 3. The predicted molar refractivity (Wildman–Crippen MR) is 99.6 cm³/mol. The third kappa shape index (κ3) is 4.73. The lowest BCUT2D eigenvalue weighted by Crippen LogP contribution is -2.04. The molecule has 0 fully saturated rings. The highest BCUT2D eigenvalue weighted by atomic mass is 79.9. The van der Waals surface area contributed by atoms with Crippen LogP contribution in [0.25, 0.3) is 0 Å². The largest absolute Gasteiger partial charge is 0.435 e. The summed E-state index contributed by atoms with van der Waals surface area (Å²) in [5, 5.41) is 0. The molecule has 5 heteroatoms. The molecule has 0 N–H and O–H groups in total. The maximum atomic E-state index is 13.4. The van der Waals surface area contributed by atoms with E-state index in [1.807, 2.05) is 60.7 Å². The van der Waals surface area contributed by atoms with E-state index in [4.69, 9.17) is 9.05 Å². The fraction of sp³-hybridized carbons (Fsp3) is 0.0526. The Balaban J connectivity index is 1.87. The Morgan fingerprint density at radius 2 is 1.17 bits per heavy atom. The van der Waals surface area contributed by atoms with Gasteiger partial charge in [-0.1, -0.05) is 64.5 Å². The number of halogens is 1. The lowest BCUT2D eigenvalue weighted by molar-refractivity contribution is 0.384. The van der Waals surface area contributed by atoms with Crippen molar-refractivity contribution in [2.24, 2.45) is 0 Å². The second kappa shape index (κ2) is 7.69. The van der Waals surface area contributed by atoms with Gasteiger partial charge in [-0.05, 0) is 42.0 Å². The van der Waals surface area contributed by atoms with Crippen molar-refractivity contribution in [1.82, 2.24) is 0 Å². The summed E-state index contributed by atoms with van der Waals surface area (Å²) in [5.74, 6) is 1.04. The summed E-state index contributed by atoms with van der Waals surface area (Å²) in [6.07, 6.45) is 0.185. The molecule has 3 nitrogen and oxygen atoms in total. The van der Waals surface area contributed by atoms with Gasteiger partial charge in [-0.25, -0.2) is 4.57 Å². The van der Waals surface area contributed by atoms with Gasteiger partial charge in [-0.3, -0.25) is 0 Å². The predicted octanol–water partition coefficient (Wildman–Crippen LogP) is 6.30. The lowest BCUT2D eigenvalue weighted by atomic mass is 10.2. The van der Waals surface area contributed by atoms with Gasteiger partial charge in [-0.15, -0.1) is 0 Å². The van der Waals surface area contributed by atoms with Crippen molar-refractivity contribution >= 4 is 23.5 Å². The minimum atomic E-state index is -3.42. The fourth-order valence-electron chi connectivity index (χ4n) is 2.18. The van der Waals surface area contributed by atoms with Crippen molar-refractivity contribution in [2.75, 3.05) is 0 Å². The van der Waals surface area contributed by atoms with Crippen molar-refractivity contribution in [2.45, 2.75) is 6.16 Å². The third-order valence-corrected chi connectivity index (χ3v) is 5.52. The summed E-state index contributed by atoms with van der Waals surface area (Å²) in [4.78, 5) is 0. The molecule has 0 aliphatic rings. The Labute approximate surface area is 149 Å².